The molecule has 3 aromatic rings. The van der Waals surface area contributed by atoms with Crippen molar-refractivity contribution in [3.05, 3.63) is 58.5 Å². The number of benzene rings is 1. The van der Waals surface area contributed by atoms with Gasteiger partial charge in [-0.15, -0.1) is 5.10 Å². The van der Waals surface area contributed by atoms with Crippen LogP contribution in [0.25, 0.3) is 17.4 Å². The lowest BCUT2D eigenvalue weighted by molar-refractivity contribution is -0.131. The first-order valence-electron chi connectivity index (χ1n) is 7.74. The first-order valence-corrected chi connectivity index (χ1v) is 8.55. The molecule has 0 spiro atoms. The molecule has 0 fully saturated rings. The van der Waals surface area contributed by atoms with Crippen LogP contribution in [-0.4, -0.2) is 26.3 Å². The molecule has 0 unspecified atom stereocenters. The van der Waals surface area contributed by atoms with Gasteiger partial charge < -0.3 is 9.52 Å². The van der Waals surface area contributed by atoms with Crippen LogP contribution in [0.1, 0.15) is 24.1 Å². The third kappa shape index (κ3) is 3.84. The van der Waals surface area contributed by atoms with Crippen LogP contribution in [0.2, 0.25) is 0 Å². The fourth-order valence-corrected chi connectivity index (χ4v) is 2.92. The molecule has 7 nitrogen and oxygen atoms in total. The number of furan rings is 1. The number of thioether (sulfide) groups is 1. The number of carboxylic acids is 1. The topological polar surface area (TPSA) is 116 Å². The Morgan fingerprint density at radius 2 is 2.19 bits per heavy atom. The fraction of sp³-hybridized carbons (Fsp3) is 0.111. The zero-order chi connectivity index (χ0) is 18.5. The maximum absolute atomic E-state index is 11.5. The van der Waals surface area contributed by atoms with Gasteiger partial charge >= 0.3 is 5.97 Å². The molecule has 26 heavy (non-hydrogen) atoms. The fourth-order valence-electron chi connectivity index (χ4n) is 2.21. The van der Waals surface area contributed by atoms with Gasteiger partial charge in [0.1, 0.15) is 22.3 Å². The third-order valence-electron chi connectivity index (χ3n) is 3.47. The molecule has 0 aliphatic heterocycles. The number of nitrogens with zero attached hydrogens (tertiary/aromatic N) is 3. The molecule has 130 valence electrons. The van der Waals surface area contributed by atoms with Gasteiger partial charge in [-0.25, -0.2) is 9.78 Å². The molecule has 0 bridgehead atoms. The van der Waals surface area contributed by atoms with Crippen LogP contribution in [0.3, 0.4) is 0 Å². The molecule has 2 aromatic heterocycles. The molecule has 0 amide bonds. The average molecular weight is 366 g/mol. The number of carboxylic acid groups (broad SMARTS) is 1. The number of hydrogen-bond donors (Lipinski definition) is 2. The van der Waals surface area contributed by atoms with Crippen molar-refractivity contribution in [1.82, 2.24) is 15.2 Å². The standard InChI is InChI=1S/C18H14N4O3S/c1-2-16-20-18(22-21-16)26-15(17(23)24)9-12-7-8-14(25-12)13-6-4-3-5-11(13)10-19/h3-9H,2H2,1H3,(H,23,24)(H,20,21,22)/b15-9+. The minimum absolute atomic E-state index is 0.0288. The molecule has 1 aromatic carbocycles. The number of aromatic nitrogens is 3. The van der Waals surface area contributed by atoms with E-state index in [1.54, 1.807) is 36.4 Å². The summed E-state index contributed by atoms with van der Waals surface area (Å²) in [7, 11) is 0. The molecule has 0 atom stereocenters. The van der Waals surface area contributed by atoms with Crippen LogP contribution in [0, 0.1) is 11.3 Å². The quantitative estimate of drug-likeness (QED) is 0.504. The Balaban J connectivity index is 1.88. The van der Waals surface area contributed by atoms with E-state index in [9.17, 15) is 15.2 Å². The van der Waals surface area contributed by atoms with Gasteiger partial charge in [-0.1, -0.05) is 19.1 Å². The van der Waals surface area contributed by atoms with Crippen molar-refractivity contribution in [3.63, 3.8) is 0 Å². The van der Waals surface area contributed by atoms with Gasteiger partial charge in [-0.2, -0.15) is 5.26 Å². The molecular weight excluding hydrogens is 352 g/mol. The Morgan fingerprint density at radius 3 is 2.88 bits per heavy atom. The number of aryl methyl sites for hydroxylation is 1. The summed E-state index contributed by atoms with van der Waals surface area (Å²) in [5.74, 6) is 0.442. The van der Waals surface area contributed by atoms with Crippen molar-refractivity contribution in [1.29, 1.82) is 5.26 Å². The second-order valence-electron chi connectivity index (χ2n) is 5.19. The van der Waals surface area contributed by atoms with Crippen LogP contribution in [0.15, 0.2) is 50.9 Å². The number of nitriles is 1. The van der Waals surface area contributed by atoms with E-state index < -0.39 is 5.97 Å². The second kappa shape index (κ2) is 7.72. The molecule has 0 radical (unpaired) electrons. The van der Waals surface area contributed by atoms with Gasteiger partial charge in [0.15, 0.2) is 0 Å². The number of nitrogens with one attached hydrogen (secondary N) is 1. The second-order valence-corrected chi connectivity index (χ2v) is 6.20. The summed E-state index contributed by atoms with van der Waals surface area (Å²) in [6.45, 7) is 1.92. The summed E-state index contributed by atoms with van der Waals surface area (Å²) in [5, 5.41) is 25.7. The van der Waals surface area contributed by atoms with Crippen LogP contribution in [0.5, 0.6) is 0 Å². The lowest BCUT2D eigenvalue weighted by atomic mass is 10.1. The normalized spacial score (nSPS) is 11.3. The highest BCUT2D eigenvalue weighted by atomic mass is 32.2. The maximum Gasteiger partial charge on any atom is 0.342 e. The van der Waals surface area contributed by atoms with Gasteiger partial charge in [-0.05, 0) is 36.0 Å². The van der Waals surface area contributed by atoms with Crippen molar-refractivity contribution in [2.24, 2.45) is 0 Å². The van der Waals surface area contributed by atoms with E-state index in [0.717, 1.165) is 11.8 Å². The number of aromatic amines is 1. The Labute approximate surface area is 153 Å². The van der Waals surface area contributed by atoms with E-state index in [1.165, 1.54) is 6.08 Å². The molecule has 0 aliphatic rings. The molecule has 8 heteroatoms. The summed E-state index contributed by atoms with van der Waals surface area (Å²) < 4.78 is 5.70. The van der Waals surface area contributed by atoms with E-state index >= 15 is 0 Å². The number of aliphatic carboxylic acids is 1. The van der Waals surface area contributed by atoms with Gasteiger partial charge in [-0.3, -0.25) is 5.10 Å². The lowest BCUT2D eigenvalue weighted by Crippen LogP contribution is -1.97. The predicted octanol–water partition coefficient (Wildman–Crippen LogP) is 3.72. The summed E-state index contributed by atoms with van der Waals surface area (Å²) in [6, 6.07) is 12.5. The minimum atomic E-state index is -1.10. The Hall–Kier alpha value is -3.31. The molecule has 0 saturated carbocycles. The maximum atomic E-state index is 11.5. The summed E-state index contributed by atoms with van der Waals surface area (Å²) in [5.41, 5.74) is 1.14. The molecule has 0 aliphatic carbocycles. The number of rotatable bonds is 6. The predicted molar refractivity (Wildman–Crippen MR) is 96.1 cm³/mol. The van der Waals surface area contributed by atoms with E-state index in [1.807, 2.05) is 6.92 Å². The summed E-state index contributed by atoms with van der Waals surface area (Å²) in [6.07, 6.45) is 2.09. The molecule has 0 saturated heterocycles. The van der Waals surface area contributed by atoms with Crippen molar-refractivity contribution in [3.8, 4) is 17.4 Å². The zero-order valence-corrected chi connectivity index (χ0v) is 14.6. The highest BCUT2D eigenvalue weighted by molar-refractivity contribution is 8.04. The number of carbonyl (C=O) groups is 1. The zero-order valence-electron chi connectivity index (χ0n) is 13.8. The largest absolute Gasteiger partial charge is 0.477 e. The van der Waals surface area contributed by atoms with Crippen molar-refractivity contribution in [2.45, 2.75) is 18.5 Å². The van der Waals surface area contributed by atoms with Crippen molar-refractivity contribution in [2.75, 3.05) is 0 Å². The van der Waals surface area contributed by atoms with E-state index in [-0.39, 0.29) is 4.91 Å². The highest BCUT2D eigenvalue weighted by Gasteiger charge is 2.15. The monoisotopic (exact) mass is 366 g/mol. The van der Waals surface area contributed by atoms with E-state index in [4.69, 9.17) is 4.42 Å². The Kier molecular flexibility index (Phi) is 5.20. The number of H-pyrrole nitrogens is 1. The lowest BCUT2D eigenvalue weighted by Gasteiger charge is -2.00. The Bertz CT molecular complexity index is 1010. The van der Waals surface area contributed by atoms with Gasteiger partial charge in [0.2, 0.25) is 5.16 Å². The van der Waals surface area contributed by atoms with Gasteiger partial charge in [0.25, 0.3) is 0 Å². The van der Waals surface area contributed by atoms with Crippen LogP contribution in [0.4, 0.5) is 0 Å². The minimum Gasteiger partial charge on any atom is -0.477 e. The first-order chi connectivity index (χ1) is 12.6. The first kappa shape index (κ1) is 17.5. The number of hydrogen-bond acceptors (Lipinski definition) is 6. The average Bonchev–Trinajstić information content (AvgIpc) is 3.30. The van der Waals surface area contributed by atoms with Gasteiger partial charge in [0.05, 0.1) is 11.6 Å². The highest BCUT2D eigenvalue weighted by Crippen LogP contribution is 2.29. The van der Waals surface area contributed by atoms with Crippen LogP contribution in [-0.2, 0) is 11.2 Å². The SMILES string of the molecule is CCc1nc(S/C(=C/c2ccc(-c3ccccc3C#N)o2)C(=O)O)n[nH]1. The Morgan fingerprint density at radius 1 is 1.38 bits per heavy atom. The molecule has 2 heterocycles. The molecule has 3 rings (SSSR count). The third-order valence-corrected chi connectivity index (χ3v) is 4.35. The van der Waals surface area contributed by atoms with Crippen molar-refractivity contribution >= 4 is 23.8 Å². The molecular formula is C18H14N4O3S. The smallest absolute Gasteiger partial charge is 0.342 e. The van der Waals surface area contributed by atoms with Crippen molar-refractivity contribution < 1.29 is 14.3 Å². The molecule has 2 N–H and O–H groups in total. The van der Waals surface area contributed by atoms with E-state index in [2.05, 4.69) is 21.3 Å². The summed E-state index contributed by atoms with van der Waals surface area (Å²) in [4.78, 5) is 15.7. The van der Waals surface area contributed by atoms with Gasteiger partial charge in [0, 0.05) is 18.1 Å². The van der Waals surface area contributed by atoms with Crippen LogP contribution < -0.4 is 0 Å². The van der Waals surface area contributed by atoms with E-state index in [0.29, 0.717) is 40.0 Å². The van der Waals surface area contributed by atoms with Crippen LogP contribution >= 0.6 is 11.8 Å². The summed E-state index contributed by atoms with van der Waals surface area (Å²) >= 11 is 0.936.